The van der Waals surface area contributed by atoms with Gasteiger partial charge < -0.3 is 16.3 Å². The summed E-state index contributed by atoms with van der Waals surface area (Å²) in [6, 6.07) is 1.10. The smallest absolute Gasteiger partial charge is 0.253 e. The molecule has 0 aromatic carbocycles. The number of hydrogen-bond acceptors (Lipinski definition) is 4. The SMILES string of the molecule is N/C(=N/O)C1(NC(=O)c2cncc(F)c2)CCCCC1. The molecule has 6 nitrogen and oxygen atoms in total. The van der Waals surface area contributed by atoms with Crippen molar-refractivity contribution in [2.45, 2.75) is 37.6 Å². The molecule has 4 N–H and O–H groups in total. The standard InChI is InChI=1S/C13H17FN4O2/c14-10-6-9(7-16-8-10)11(19)17-13(12(15)18-20)4-2-1-3-5-13/h6-8,20H,1-5H2,(H2,15,18)(H,17,19). The molecule has 1 heterocycles. The number of hydrogen-bond donors (Lipinski definition) is 3. The predicted octanol–water partition coefficient (Wildman–Crippen LogP) is 1.40. The Balaban J connectivity index is 2.22. The summed E-state index contributed by atoms with van der Waals surface area (Å²) in [6.07, 6.45) is 6.28. The van der Waals surface area contributed by atoms with Crippen LogP contribution < -0.4 is 11.1 Å². The van der Waals surface area contributed by atoms with Crippen LogP contribution in [0.15, 0.2) is 23.6 Å². The number of carbonyl (C=O) groups is 1. The van der Waals surface area contributed by atoms with Crippen LogP contribution in [-0.4, -0.2) is 27.5 Å². The second-order valence-electron chi connectivity index (χ2n) is 4.97. The number of nitrogens with zero attached hydrogens (tertiary/aromatic N) is 2. The summed E-state index contributed by atoms with van der Waals surface area (Å²) in [5.74, 6) is -1.08. The van der Waals surface area contributed by atoms with Crippen molar-refractivity contribution in [1.29, 1.82) is 0 Å². The number of amides is 1. The first kappa shape index (κ1) is 14.2. The van der Waals surface area contributed by atoms with Crippen LogP contribution in [0.2, 0.25) is 0 Å². The number of nitrogens with one attached hydrogen (secondary N) is 1. The Morgan fingerprint density at radius 1 is 1.40 bits per heavy atom. The van der Waals surface area contributed by atoms with Crippen molar-refractivity contribution in [1.82, 2.24) is 10.3 Å². The van der Waals surface area contributed by atoms with Crippen LogP contribution >= 0.6 is 0 Å². The molecule has 0 bridgehead atoms. The largest absolute Gasteiger partial charge is 0.409 e. The Labute approximate surface area is 115 Å². The predicted molar refractivity (Wildman–Crippen MR) is 70.9 cm³/mol. The molecule has 1 amide bonds. The van der Waals surface area contributed by atoms with Gasteiger partial charge in [0.05, 0.1) is 11.8 Å². The second-order valence-corrected chi connectivity index (χ2v) is 4.97. The minimum absolute atomic E-state index is 0.0186. The van der Waals surface area contributed by atoms with Crippen molar-refractivity contribution in [3.8, 4) is 0 Å². The first-order chi connectivity index (χ1) is 9.57. The molecule has 0 unspecified atom stereocenters. The molecule has 0 spiro atoms. The van der Waals surface area contributed by atoms with E-state index in [4.69, 9.17) is 10.9 Å². The van der Waals surface area contributed by atoms with E-state index in [2.05, 4.69) is 15.5 Å². The van der Waals surface area contributed by atoms with Gasteiger partial charge >= 0.3 is 0 Å². The van der Waals surface area contributed by atoms with Crippen molar-refractivity contribution in [2.24, 2.45) is 10.9 Å². The van der Waals surface area contributed by atoms with Crippen LogP contribution in [0, 0.1) is 5.82 Å². The lowest BCUT2D eigenvalue weighted by Gasteiger charge is -2.36. The van der Waals surface area contributed by atoms with Gasteiger partial charge in [-0.05, 0) is 18.9 Å². The summed E-state index contributed by atoms with van der Waals surface area (Å²) in [4.78, 5) is 15.8. The number of oxime groups is 1. The molecule has 20 heavy (non-hydrogen) atoms. The zero-order valence-electron chi connectivity index (χ0n) is 11.0. The number of aromatic nitrogens is 1. The van der Waals surface area contributed by atoms with Gasteiger partial charge in [0.15, 0.2) is 5.84 Å². The Kier molecular flexibility index (Phi) is 4.16. The number of nitrogens with two attached hydrogens (primary N) is 1. The quantitative estimate of drug-likeness (QED) is 0.337. The number of pyridine rings is 1. The van der Waals surface area contributed by atoms with Gasteiger partial charge in [-0.3, -0.25) is 9.78 Å². The maximum atomic E-state index is 13.1. The Morgan fingerprint density at radius 3 is 2.70 bits per heavy atom. The molecular weight excluding hydrogens is 263 g/mol. The summed E-state index contributed by atoms with van der Waals surface area (Å²) in [7, 11) is 0. The third kappa shape index (κ3) is 2.87. The summed E-state index contributed by atoms with van der Waals surface area (Å²) >= 11 is 0. The number of amidine groups is 1. The fourth-order valence-electron chi connectivity index (χ4n) is 2.52. The molecule has 1 saturated carbocycles. The van der Waals surface area contributed by atoms with E-state index < -0.39 is 17.3 Å². The fourth-order valence-corrected chi connectivity index (χ4v) is 2.52. The van der Waals surface area contributed by atoms with Crippen LogP contribution in [0.5, 0.6) is 0 Å². The minimum Gasteiger partial charge on any atom is -0.409 e. The molecule has 1 aliphatic carbocycles. The topological polar surface area (TPSA) is 101 Å². The number of halogens is 1. The first-order valence-electron chi connectivity index (χ1n) is 6.48. The van der Waals surface area contributed by atoms with Crippen molar-refractivity contribution in [3.63, 3.8) is 0 Å². The molecule has 0 atom stereocenters. The molecule has 1 aromatic heterocycles. The highest BCUT2D eigenvalue weighted by atomic mass is 19.1. The maximum absolute atomic E-state index is 13.1. The van der Waals surface area contributed by atoms with Crippen LogP contribution in [0.1, 0.15) is 42.5 Å². The van der Waals surface area contributed by atoms with Gasteiger partial charge in [-0.15, -0.1) is 0 Å². The van der Waals surface area contributed by atoms with E-state index in [9.17, 15) is 9.18 Å². The lowest BCUT2D eigenvalue weighted by Crippen LogP contribution is -2.58. The molecule has 2 rings (SSSR count). The summed E-state index contributed by atoms with van der Waals surface area (Å²) < 4.78 is 13.1. The molecule has 0 saturated heterocycles. The van der Waals surface area contributed by atoms with Crippen molar-refractivity contribution >= 4 is 11.7 Å². The van der Waals surface area contributed by atoms with Gasteiger partial charge in [-0.1, -0.05) is 24.4 Å². The molecule has 1 aromatic rings. The highest BCUT2D eigenvalue weighted by molar-refractivity contribution is 6.00. The van der Waals surface area contributed by atoms with Crippen LogP contribution in [0.4, 0.5) is 4.39 Å². The summed E-state index contributed by atoms with van der Waals surface area (Å²) in [6.45, 7) is 0. The van der Waals surface area contributed by atoms with E-state index in [0.717, 1.165) is 31.5 Å². The van der Waals surface area contributed by atoms with Gasteiger partial charge in [0, 0.05) is 6.20 Å². The summed E-state index contributed by atoms with van der Waals surface area (Å²) in [5, 5.41) is 14.7. The minimum atomic E-state index is -0.865. The molecule has 7 heteroatoms. The third-order valence-corrected chi connectivity index (χ3v) is 3.63. The molecular formula is C13H17FN4O2. The average molecular weight is 280 g/mol. The van der Waals surface area contributed by atoms with E-state index in [-0.39, 0.29) is 11.4 Å². The van der Waals surface area contributed by atoms with E-state index in [0.29, 0.717) is 12.8 Å². The van der Waals surface area contributed by atoms with Crippen molar-refractivity contribution in [3.05, 3.63) is 29.8 Å². The van der Waals surface area contributed by atoms with Crippen LogP contribution in [-0.2, 0) is 0 Å². The van der Waals surface area contributed by atoms with Gasteiger partial charge in [0.25, 0.3) is 5.91 Å². The monoisotopic (exact) mass is 280 g/mol. The molecule has 1 fully saturated rings. The van der Waals surface area contributed by atoms with Crippen molar-refractivity contribution < 1.29 is 14.4 Å². The van der Waals surface area contributed by atoms with Gasteiger partial charge in [0.1, 0.15) is 11.4 Å². The Morgan fingerprint density at radius 2 is 2.10 bits per heavy atom. The van der Waals surface area contributed by atoms with Gasteiger partial charge in [-0.2, -0.15) is 0 Å². The molecule has 0 radical (unpaired) electrons. The number of rotatable bonds is 3. The van der Waals surface area contributed by atoms with Crippen LogP contribution in [0.3, 0.4) is 0 Å². The average Bonchev–Trinajstić information content (AvgIpc) is 2.47. The van der Waals surface area contributed by atoms with Crippen molar-refractivity contribution in [2.75, 3.05) is 0 Å². The third-order valence-electron chi connectivity index (χ3n) is 3.63. The van der Waals surface area contributed by atoms with E-state index in [1.165, 1.54) is 6.20 Å². The zero-order valence-corrected chi connectivity index (χ0v) is 11.0. The van der Waals surface area contributed by atoms with E-state index in [1.807, 2.05) is 0 Å². The molecule has 108 valence electrons. The normalized spacial score (nSPS) is 18.6. The lowest BCUT2D eigenvalue weighted by atomic mass is 9.80. The lowest BCUT2D eigenvalue weighted by molar-refractivity contribution is 0.0905. The molecule has 0 aliphatic heterocycles. The highest BCUT2D eigenvalue weighted by Crippen LogP contribution is 2.28. The highest BCUT2D eigenvalue weighted by Gasteiger charge is 2.38. The molecule has 1 aliphatic rings. The van der Waals surface area contributed by atoms with Crippen LogP contribution in [0.25, 0.3) is 0 Å². The summed E-state index contributed by atoms with van der Waals surface area (Å²) in [5.41, 5.74) is 4.98. The van der Waals surface area contributed by atoms with Gasteiger partial charge in [-0.25, -0.2) is 4.39 Å². The Bertz CT molecular complexity index is 527. The second kappa shape index (κ2) is 5.85. The van der Waals surface area contributed by atoms with E-state index >= 15 is 0 Å². The fraction of sp³-hybridized carbons (Fsp3) is 0.462. The van der Waals surface area contributed by atoms with E-state index in [1.54, 1.807) is 0 Å². The Hall–Kier alpha value is -2.18. The van der Waals surface area contributed by atoms with Gasteiger partial charge in [0.2, 0.25) is 0 Å². The first-order valence-corrected chi connectivity index (χ1v) is 6.48. The maximum Gasteiger partial charge on any atom is 0.253 e. The zero-order chi connectivity index (χ0) is 14.6. The number of carbonyl (C=O) groups excluding carboxylic acids is 1.